The summed E-state index contributed by atoms with van der Waals surface area (Å²) in [7, 11) is 1.59. The first-order chi connectivity index (χ1) is 15.2. The van der Waals surface area contributed by atoms with Crippen molar-refractivity contribution in [3.63, 3.8) is 0 Å². The number of methoxy groups -OCH3 is 1. The summed E-state index contributed by atoms with van der Waals surface area (Å²) in [5.74, 6) is 0.393. The molecule has 0 radical (unpaired) electrons. The number of carbonyl (C=O) groups excluding carboxylic acids is 2. The lowest BCUT2D eigenvalue weighted by Crippen LogP contribution is -2.38. The number of nitrogens with one attached hydrogen (secondary N) is 1. The van der Waals surface area contributed by atoms with Crippen LogP contribution in [0.4, 0.5) is 0 Å². The van der Waals surface area contributed by atoms with Crippen LogP contribution in [-0.4, -0.2) is 32.1 Å². The third-order valence-electron chi connectivity index (χ3n) is 5.88. The van der Waals surface area contributed by atoms with Crippen molar-refractivity contribution in [2.75, 3.05) is 20.3 Å². The van der Waals surface area contributed by atoms with Gasteiger partial charge in [0.1, 0.15) is 0 Å². The molecule has 174 valence electrons. The molecule has 3 rings (SSSR count). The Morgan fingerprint density at radius 1 is 1.12 bits per heavy atom. The van der Waals surface area contributed by atoms with Gasteiger partial charge in [-0.1, -0.05) is 33.8 Å². The van der Waals surface area contributed by atoms with Crippen LogP contribution in [0.1, 0.15) is 71.8 Å². The largest absolute Gasteiger partial charge is 0.493 e. The van der Waals surface area contributed by atoms with Crippen LogP contribution in [0.3, 0.4) is 0 Å². The minimum absolute atomic E-state index is 0.0623. The van der Waals surface area contributed by atoms with E-state index < -0.39 is 11.9 Å². The molecule has 1 aliphatic heterocycles. The zero-order valence-electron chi connectivity index (χ0n) is 20.1. The zero-order valence-corrected chi connectivity index (χ0v) is 20.1. The number of allylic oxidation sites excluding steroid dienone is 3. The summed E-state index contributed by atoms with van der Waals surface area (Å²) in [5.41, 5.74) is 3.44. The van der Waals surface area contributed by atoms with Crippen LogP contribution in [0.25, 0.3) is 0 Å². The number of hydrogen-bond donors (Lipinski definition) is 1. The maximum atomic E-state index is 13.4. The van der Waals surface area contributed by atoms with E-state index in [0.29, 0.717) is 42.3 Å². The second-order valence-electron chi connectivity index (χ2n) is 9.32. The Morgan fingerprint density at radius 2 is 1.84 bits per heavy atom. The van der Waals surface area contributed by atoms with E-state index in [1.165, 1.54) is 0 Å². The molecule has 0 saturated heterocycles. The summed E-state index contributed by atoms with van der Waals surface area (Å²) in [6, 6.07) is 5.65. The fourth-order valence-corrected chi connectivity index (χ4v) is 4.51. The van der Waals surface area contributed by atoms with E-state index in [1.54, 1.807) is 7.11 Å². The normalized spacial score (nSPS) is 19.9. The third-order valence-corrected chi connectivity index (χ3v) is 5.88. The van der Waals surface area contributed by atoms with E-state index in [2.05, 4.69) is 19.2 Å². The fraction of sp³-hybridized carbons (Fsp3) is 0.538. The first kappa shape index (κ1) is 23.9. The van der Waals surface area contributed by atoms with Crippen molar-refractivity contribution >= 4 is 11.8 Å². The molecule has 1 aliphatic carbocycles. The molecule has 1 heterocycles. The van der Waals surface area contributed by atoms with Gasteiger partial charge in [0.25, 0.3) is 0 Å². The van der Waals surface area contributed by atoms with Gasteiger partial charge in [0.15, 0.2) is 17.3 Å². The van der Waals surface area contributed by atoms with E-state index >= 15 is 0 Å². The molecule has 1 atom stereocenters. The van der Waals surface area contributed by atoms with Crippen molar-refractivity contribution in [2.24, 2.45) is 5.41 Å². The van der Waals surface area contributed by atoms with E-state index in [1.807, 2.05) is 39.0 Å². The molecule has 1 unspecified atom stereocenters. The topological polar surface area (TPSA) is 73.9 Å². The SMILES string of the molecule is CCCOC(=O)C1=C(C)NC2=C(C(=O)CC(C)(C)C2)C1c1ccc(OCCC)c(OC)c1. The lowest BCUT2D eigenvalue weighted by Gasteiger charge is -2.39. The van der Waals surface area contributed by atoms with E-state index in [-0.39, 0.29) is 11.2 Å². The summed E-state index contributed by atoms with van der Waals surface area (Å²) in [4.78, 5) is 26.5. The van der Waals surface area contributed by atoms with Crippen LogP contribution < -0.4 is 14.8 Å². The number of ether oxygens (including phenoxy) is 3. The molecule has 1 aromatic rings. The number of rotatable bonds is 8. The molecule has 0 saturated carbocycles. The molecule has 1 aromatic carbocycles. The van der Waals surface area contributed by atoms with Crippen LogP contribution in [0.2, 0.25) is 0 Å². The van der Waals surface area contributed by atoms with Gasteiger partial charge in [0.05, 0.1) is 25.9 Å². The Hall–Kier alpha value is -2.76. The summed E-state index contributed by atoms with van der Waals surface area (Å²) < 4.78 is 16.9. The molecule has 0 fully saturated rings. The summed E-state index contributed by atoms with van der Waals surface area (Å²) in [5, 5.41) is 3.36. The van der Waals surface area contributed by atoms with E-state index in [9.17, 15) is 9.59 Å². The van der Waals surface area contributed by atoms with Gasteiger partial charge in [0.2, 0.25) is 0 Å². The number of Topliss-reactive ketones (excluding diaryl/α,β-unsaturated/α-hetero) is 1. The minimum Gasteiger partial charge on any atom is -0.493 e. The van der Waals surface area contributed by atoms with Crippen molar-refractivity contribution in [2.45, 2.75) is 66.2 Å². The maximum absolute atomic E-state index is 13.4. The smallest absolute Gasteiger partial charge is 0.336 e. The molecule has 0 spiro atoms. The predicted octanol–water partition coefficient (Wildman–Crippen LogP) is 5.04. The minimum atomic E-state index is -0.506. The fourth-order valence-electron chi connectivity index (χ4n) is 4.51. The number of ketones is 1. The summed E-state index contributed by atoms with van der Waals surface area (Å²) >= 11 is 0. The molecule has 0 amide bonds. The number of esters is 1. The van der Waals surface area contributed by atoms with Gasteiger partial charge in [-0.05, 0) is 49.3 Å². The number of hydrogen-bond acceptors (Lipinski definition) is 6. The quantitative estimate of drug-likeness (QED) is 0.570. The lowest BCUT2D eigenvalue weighted by atomic mass is 9.68. The van der Waals surface area contributed by atoms with Gasteiger partial charge >= 0.3 is 5.97 Å². The Bertz CT molecular complexity index is 957. The summed E-state index contributed by atoms with van der Waals surface area (Å²) in [6.07, 6.45) is 2.80. The van der Waals surface area contributed by atoms with Gasteiger partial charge in [-0.3, -0.25) is 4.79 Å². The maximum Gasteiger partial charge on any atom is 0.336 e. The predicted molar refractivity (Wildman–Crippen MR) is 124 cm³/mol. The van der Waals surface area contributed by atoms with Crippen molar-refractivity contribution < 1.29 is 23.8 Å². The molecular formula is C26H35NO5. The van der Waals surface area contributed by atoms with Gasteiger partial charge < -0.3 is 19.5 Å². The number of benzene rings is 1. The van der Waals surface area contributed by atoms with Crippen LogP contribution in [-0.2, 0) is 14.3 Å². The Morgan fingerprint density at radius 3 is 2.50 bits per heavy atom. The zero-order chi connectivity index (χ0) is 23.5. The highest BCUT2D eigenvalue weighted by atomic mass is 16.5. The summed E-state index contributed by atoms with van der Waals surface area (Å²) in [6.45, 7) is 11.0. The van der Waals surface area contributed by atoms with Crippen LogP contribution in [0.15, 0.2) is 40.7 Å². The van der Waals surface area contributed by atoms with Crippen molar-refractivity contribution in [3.8, 4) is 11.5 Å². The number of dihydropyridines is 1. The average molecular weight is 442 g/mol. The van der Waals surface area contributed by atoms with Crippen LogP contribution in [0, 0.1) is 5.41 Å². The van der Waals surface area contributed by atoms with Crippen molar-refractivity contribution in [1.29, 1.82) is 0 Å². The Kier molecular flexibility index (Phi) is 7.32. The second-order valence-corrected chi connectivity index (χ2v) is 9.32. The van der Waals surface area contributed by atoms with Gasteiger partial charge in [-0.15, -0.1) is 0 Å². The monoisotopic (exact) mass is 441 g/mol. The van der Waals surface area contributed by atoms with E-state index in [0.717, 1.165) is 36.2 Å². The second kappa shape index (κ2) is 9.80. The molecule has 6 heteroatoms. The first-order valence-electron chi connectivity index (χ1n) is 11.4. The lowest BCUT2D eigenvalue weighted by molar-refractivity contribution is -0.139. The first-order valence-corrected chi connectivity index (χ1v) is 11.4. The van der Waals surface area contributed by atoms with Crippen LogP contribution in [0.5, 0.6) is 11.5 Å². The van der Waals surface area contributed by atoms with Gasteiger partial charge in [0, 0.05) is 29.3 Å². The van der Waals surface area contributed by atoms with Gasteiger partial charge in [-0.2, -0.15) is 0 Å². The molecule has 2 aliphatic rings. The highest BCUT2D eigenvalue weighted by Crippen LogP contribution is 2.47. The molecule has 32 heavy (non-hydrogen) atoms. The average Bonchev–Trinajstić information content (AvgIpc) is 2.74. The molecule has 6 nitrogen and oxygen atoms in total. The Labute approximate surface area is 191 Å². The standard InChI is InChI=1S/C26H35NO5/c1-7-11-31-20-10-9-17(13-21(20)30-6)23-22(25(29)32-12-8-2)16(3)27-18-14-26(4,5)15-19(28)24(18)23/h9-10,13,23,27H,7-8,11-12,14-15H2,1-6H3. The van der Waals surface area contributed by atoms with Gasteiger partial charge in [-0.25, -0.2) is 4.79 Å². The molecule has 0 aromatic heterocycles. The highest BCUT2D eigenvalue weighted by molar-refractivity contribution is 6.04. The Balaban J connectivity index is 2.13. The van der Waals surface area contributed by atoms with Crippen LogP contribution >= 0.6 is 0 Å². The highest BCUT2D eigenvalue weighted by Gasteiger charge is 2.43. The molecule has 0 bridgehead atoms. The van der Waals surface area contributed by atoms with Crippen molar-refractivity contribution in [1.82, 2.24) is 5.32 Å². The molecule has 1 N–H and O–H groups in total. The van der Waals surface area contributed by atoms with Crippen molar-refractivity contribution in [3.05, 3.63) is 46.3 Å². The molecular weight excluding hydrogens is 406 g/mol. The number of carbonyl (C=O) groups is 2. The third kappa shape index (κ3) is 4.84. The van der Waals surface area contributed by atoms with E-state index in [4.69, 9.17) is 14.2 Å².